The third kappa shape index (κ3) is 1.57. The minimum Gasteiger partial charge on any atom is -0.395 e. The Bertz CT molecular complexity index is 234. The zero-order valence-corrected chi connectivity index (χ0v) is 8.52. The van der Waals surface area contributed by atoms with Gasteiger partial charge < -0.3 is 19.8 Å². The molecule has 2 amide bonds. The number of nitrogens with zero attached hydrogens (tertiary/aromatic N) is 3. The summed E-state index contributed by atoms with van der Waals surface area (Å²) in [5, 5.41) is 8.81. The van der Waals surface area contributed by atoms with Gasteiger partial charge in [0, 0.05) is 32.7 Å². The van der Waals surface area contributed by atoms with Crippen LogP contribution in [-0.2, 0) is 0 Å². The van der Waals surface area contributed by atoms with Crippen LogP contribution in [0.5, 0.6) is 0 Å². The van der Waals surface area contributed by atoms with Crippen LogP contribution in [-0.4, -0.2) is 78.3 Å². The Balaban J connectivity index is 2.01. The Morgan fingerprint density at radius 3 is 2.93 bits per heavy atom. The Hall–Kier alpha value is -0.810. The van der Waals surface area contributed by atoms with Crippen LogP contribution in [0.1, 0.15) is 0 Å². The Labute approximate surface area is 83.9 Å². The largest absolute Gasteiger partial charge is 0.395 e. The summed E-state index contributed by atoms with van der Waals surface area (Å²) in [7, 11) is 2.08. The highest BCUT2D eigenvalue weighted by Crippen LogP contribution is 2.19. The monoisotopic (exact) mass is 199 g/mol. The molecule has 0 saturated carbocycles. The minimum absolute atomic E-state index is 0.0577. The molecule has 2 fully saturated rings. The second-order valence-electron chi connectivity index (χ2n) is 4.06. The Morgan fingerprint density at radius 1 is 1.43 bits per heavy atom. The first-order valence-corrected chi connectivity index (χ1v) is 5.07. The number of amides is 2. The zero-order valence-electron chi connectivity index (χ0n) is 8.52. The highest BCUT2D eigenvalue weighted by molar-refractivity contribution is 5.77. The summed E-state index contributed by atoms with van der Waals surface area (Å²) >= 11 is 0. The van der Waals surface area contributed by atoms with Gasteiger partial charge in [0.25, 0.3) is 0 Å². The van der Waals surface area contributed by atoms with E-state index in [4.69, 9.17) is 5.11 Å². The van der Waals surface area contributed by atoms with E-state index in [0.29, 0.717) is 12.6 Å². The van der Waals surface area contributed by atoms with Gasteiger partial charge in [-0.1, -0.05) is 0 Å². The van der Waals surface area contributed by atoms with Crippen LogP contribution in [0.4, 0.5) is 4.79 Å². The summed E-state index contributed by atoms with van der Waals surface area (Å²) in [6, 6.07) is 0.421. The number of piperazine rings is 1. The molecular formula is C9H17N3O2. The van der Waals surface area contributed by atoms with Crippen molar-refractivity contribution < 1.29 is 9.90 Å². The average Bonchev–Trinajstić information content (AvgIpc) is 2.44. The topological polar surface area (TPSA) is 47.0 Å². The highest BCUT2D eigenvalue weighted by atomic mass is 16.3. The van der Waals surface area contributed by atoms with Crippen molar-refractivity contribution in [1.82, 2.24) is 14.7 Å². The van der Waals surface area contributed by atoms with Crippen molar-refractivity contribution in [1.29, 1.82) is 0 Å². The molecule has 0 bridgehead atoms. The predicted octanol–water partition coefficient (Wildman–Crippen LogP) is -0.970. The maximum atomic E-state index is 11.8. The first-order chi connectivity index (χ1) is 6.72. The average molecular weight is 199 g/mol. The Morgan fingerprint density at radius 2 is 2.21 bits per heavy atom. The molecule has 1 N–H and O–H groups in total. The molecule has 0 aromatic rings. The first-order valence-electron chi connectivity index (χ1n) is 5.07. The van der Waals surface area contributed by atoms with Gasteiger partial charge in [-0.2, -0.15) is 0 Å². The summed E-state index contributed by atoms with van der Waals surface area (Å²) in [4.78, 5) is 17.7. The van der Waals surface area contributed by atoms with E-state index in [9.17, 15) is 4.79 Å². The number of carbonyl (C=O) groups excluding carboxylic acids is 1. The van der Waals surface area contributed by atoms with Crippen molar-refractivity contribution in [3.8, 4) is 0 Å². The second-order valence-corrected chi connectivity index (χ2v) is 4.06. The molecule has 0 aromatic carbocycles. The van der Waals surface area contributed by atoms with E-state index in [0.717, 1.165) is 26.2 Å². The van der Waals surface area contributed by atoms with Crippen molar-refractivity contribution in [3.63, 3.8) is 0 Å². The van der Waals surface area contributed by atoms with Crippen LogP contribution in [0.15, 0.2) is 0 Å². The fourth-order valence-electron chi connectivity index (χ4n) is 2.24. The van der Waals surface area contributed by atoms with E-state index in [1.807, 2.05) is 4.90 Å². The van der Waals surface area contributed by atoms with E-state index in [1.165, 1.54) is 0 Å². The van der Waals surface area contributed by atoms with Gasteiger partial charge in [-0.25, -0.2) is 4.79 Å². The van der Waals surface area contributed by atoms with E-state index in [2.05, 4.69) is 11.9 Å². The van der Waals surface area contributed by atoms with Crippen LogP contribution in [0.25, 0.3) is 0 Å². The van der Waals surface area contributed by atoms with Crippen LogP contribution in [0, 0.1) is 0 Å². The quantitative estimate of drug-likeness (QED) is 0.622. The number of aliphatic hydroxyl groups excluding tert-OH is 1. The maximum absolute atomic E-state index is 11.8. The molecule has 0 aromatic heterocycles. The number of fused-ring (bicyclic) bond motifs is 1. The minimum atomic E-state index is 0.0577. The van der Waals surface area contributed by atoms with Crippen molar-refractivity contribution >= 4 is 6.03 Å². The van der Waals surface area contributed by atoms with Crippen LogP contribution in [0.2, 0.25) is 0 Å². The summed E-state index contributed by atoms with van der Waals surface area (Å²) in [5.74, 6) is 0. The number of rotatable bonds is 2. The second kappa shape index (κ2) is 3.74. The maximum Gasteiger partial charge on any atom is 0.320 e. The van der Waals surface area contributed by atoms with E-state index in [-0.39, 0.29) is 12.6 Å². The molecule has 14 heavy (non-hydrogen) atoms. The number of likely N-dealkylation sites (N-methyl/N-ethyl adjacent to an activating group) is 1. The van der Waals surface area contributed by atoms with E-state index < -0.39 is 0 Å². The van der Waals surface area contributed by atoms with Gasteiger partial charge in [0.05, 0.1) is 12.6 Å². The molecule has 2 rings (SSSR count). The van der Waals surface area contributed by atoms with Gasteiger partial charge in [0.1, 0.15) is 0 Å². The van der Waals surface area contributed by atoms with E-state index >= 15 is 0 Å². The normalized spacial score (nSPS) is 28.4. The van der Waals surface area contributed by atoms with Crippen LogP contribution >= 0.6 is 0 Å². The van der Waals surface area contributed by atoms with E-state index in [1.54, 1.807) is 4.90 Å². The molecule has 5 nitrogen and oxygen atoms in total. The molecule has 0 radical (unpaired) electrons. The lowest BCUT2D eigenvalue weighted by Gasteiger charge is -2.33. The lowest BCUT2D eigenvalue weighted by Crippen LogP contribution is -2.50. The molecular weight excluding hydrogens is 182 g/mol. The number of carbonyl (C=O) groups is 1. The van der Waals surface area contributed by atoms with Gasteiger partial charge in [-0.3, -0.25) is 0 Å². The summed E-state index contributed by atoms with van der Waals surface area (Å²) in [5.41, 5.74) is 0. The summed E-state index contributed by atoms with van der Waals surface area (Å²) < 4.78 is 0. The van der Waals surface area contributed by atoms with Gasteiger partial charge in [0.2, 0.25) is 0 Å². The summed E-state index contributed by atoms with van der Waals surface area (Å²) in [6.07, 6.45) is 0. The number of aliphatic hydroxyl groups is 1. The molecule has 2 aliphatic rings. The molecule has 1 unspecified atom stereocenters. The third-order valence-electron chi connectivity index (χ3n) is 3.00. The number of hydrogen-bond acceptors (Lipinski definition) is 3. The van der Waals surface area contributed by atoms with Gasteiger partial charge in [-0.15, -0.1) is 0 Å². The smallest absolute Gasteiger partial charge is 0.320 e. The predicted molar refractivity (Wildman–Crippen MR) is 52.0 cm³/mol. The Kier molecular flexibility index (Phi) is 2.60. The van der Waals surface area contributed by atoms with Gasteiger partial charge in [-0.05, 0) is 7.05 Å². The fraction of sp³-hybridized carbons (Fsp3) is 0.889. The van der Waals surface area contributed by atoms with Crippen molar-refractivity contribution in [3.05, 3.63) is 0 Å². The number of hydrogen-bond donors (Lipinski definition) is 1. The molecule has 2 aliphatic heterocycles. The third-order valence-corrected chi connectivity index (χ3v) is 3.00. The molecule has 1 atom stereocenters. The zero-order chi connectivity index (χ0) is 10.1. The highest BCUT2D eigenvalue weighted by Gasteiger charge is 2.39. The van der Waals surface area contributed by atoms with Crippen molar-refractivity contribution in [2.45, 2.75) is 6.04 Å². The first kappa shape index (κ1) is 9.73. The van der Waals surface area contributed by atoms with Crippen LogP contribution < -0.4 is 0 Å². The molecule has 0 aliphatic carbocycles. The number of β-amino-alcohol motifs (C(OH)–C–C–N with tert-alkyl or cyclic N) is 1. The van der Waals surface area contributed by atoms with Crippen molar-refractivity contribution in [2.75, 3.05) is 46.4 Å². The molecule has 80 valence electrons. The fourth-order valence-corrected chi connectivity index (χ4v) is 2.24. The van der Waals surface area contributed by atoms with Gasteiger partial charge in [0.15, 0.2) is 0 Å². The molecule has 2 heterocycles. The lowest BCUT2D eigenvalue weighted by atomic mass is 10.2. The SMILES string of the molecule is CN1CCN2C(=O)N(CCO)CC2C1. The van der Waals surface area contributed by atoms with Crippen molar-refractivity contribution in [2.24, 2.45) is 0 Å². The standard InChI is InChI=1S/C9H17N3O2/c1-10-2-3-12-8(6-10)7-11(4-5-13)9(12)14/h8,13H,2-7H2,1H3. The lowest BCUT2D eigenvalue weighted by molar-refractivity contribution is 0.137. The molecule has 0 spiro atoms. The number of urea groups is 1. The molecule has 2 saturated heterocycles. The van der Waals surface area contributed by atoms with Crippen LogP contribution in [0.3, 0.4) is 0 Å². The molecule has 5 heteroatoms. The summed E-state index contributed by atoms with van der Waals surface area (Å²) in [6.45, 7) is 4.02. The van der Waals surface area contributed by atoms with Gasteiger partial charge >= 0.3 is 6.03 Å².